The van der Waals surface area contributed by atoms with Crippen molar-refractivity contribution in [2.24, 2.45) is 0 Å². The van der Waals surface area contributed by atoms with Gasteiger partial charge in [0.2, 0.25) is 5.91 Å². The molecule has 19 heavy (non-hydrogen) atoms. The summed E-state index contributed by atoms with van der Waals surface area (Å²) < 4.78 is 1.15. The van der Waals surface area contributed by atoms with Crippen LogP contribution < -0.4 is 10.6 Å². The maximum absolute atomic E-state index is 11.5. The molecule has 1 heterocycles. The molecule has 0 radical (unpaired) electrons. The fourth-order valence-electron chi connectivity index (χ4n) is 1.80. The predicted molar refractivity (Wildman–Crippen MR) is 78.3 cm³/mol. The van der Waals surface area contributed by atoms with Gasteiger partial charge >= 0.3 is 0 Å². The van der Waals surface area contributed by atoms with E-state index in [1.54, 1.807) is 18.4 Å². The van der Waals surface area contributed by atoms with E-state index in [4.69, 9.17) is 0 Å². The van der Waals surface area contributed by atoms with E-state index in [9.17, 15) is 9.90 Å². The first kappa shape index (κ1) is 14.0. The molecule has 0 spiro atoms. The predicted octanol–water partition coefficient (Wildman–Crippen LogP) is 1.66. The minimum atomic E-state index is -0.643. The highest BCUT2D eigenvalue weighted by atomic mass is 32.1. The maximum atomic E-state index is 11.5. The van der Waals surface area contributed by atoms with Crippen molar-refractivity contribution < 1.29 is 9.90 Å². The Kier molecular flexibility index (Phi) is 4.90. The number of aliphatic hydroxyl groups excluding tert-OH is 1. The van der Waals surface area contributed by atoms with Crippen LogP contribution in [0.1, 0.15) is 17.4 Å². The highest BCUT2D eigenvalue weighted by molar-refractivity contribution is 7.19. The quantitative estimate of drug-likeness (QED) is 0.753. The van der Waals surface area contributed by atoms with Gasteiger partial charge in [-0.05, 0) is 24.6 Å². The van der Waals surface area contributed by atoms with Crippen molar-refractivity contribution in [1.29, 1.82) is 0 Å². The second-order valence-corrected chi connectivity index (χ2v) is 5.48. The molecular formula is C14H18N2O2S. The lowest BCUT2D eigenvalue weighted by molar-refractivity contribution is -0.121. The molecule has 2 aromatic rings. The summed E-state index contributed by atoms with van der Waals surface area (Å²) in [6.45, 7) is 0.903. The number of hydrogen-bond donors (Lipinski definition) is 3. The van der Waals surface area contributed by atoms with Crippen LogP contribution in [0.2, 0.25) is 0 Å². The van der Waals surface area contributed by atoms with Crippen LogP contribution >= 0.6 is 11.3 Å². The number of amides is 1. The van der Waals surface area contributed by atoms with Gasteiger partial charge in [0, 0.05) is 29.1 Å². The van der Waals surface area contributed by atoms with Crippen molar-refractivity contribution >= 4 is 27.3 Å². The molecule has 0 fully saturated rings. The highest BCUT2D eigenvalue weighted by Gasteiger charge is 2.12. The molecule has 1 unspecified atom stereocenters. The number of carbonyl (C=O) groups is 1. The number of nitrogens with one attached hydrogen (secondary N) is 2. The zero-order valence-electron chi connectivity index (χ0n) is 10.8. The second kappa shape index (κ2) is 6.65. The zero-order chi connectivity index (χ0) is 13.7. The van der Waals surface area contributed by atoms with E-state index >= 15 is 0 Å². The Morgan fingerprint density at radius 2 is 2.21 bits per heavy atom. The minimum absolute atomic E-state index is 0.0467. The third-order valence-electron chi connectivity index (χ3n) is 2.87. The van der Waals surface area contributed by atoms with Crippen LogP contribution in [-0.4, -0.2) is 31.2 Å². The van der Waals surface area contributed by atoms with Gasteiger partial charge in [0.25, 0.3) is 0 Å². The van der Waals surface area contributed by atoms with Gasteiger partial charge in [0.05, 0.1) is 0 Å². The summed E-state index contributed by atoms with van der Waals surface area (Å²) in [6, 6.07) is 9.99. The Morgan fingerprint density at radius 3 is 2.95 bits per heavy atom. The molecule has 1 aromatic carbocycles. The number of carbonyl (C=O) groups excluding carboxylic acids is 1. The van der Waals surface area contributed by atoms with E-state index in [1.807, 2.05) is 30.3 Å². The van der Waals surface area contributed by atoms with Crippen LogP contribution in [0.3, 0.4) is 0 Å². The Bertz CT molecular complexity index is 520. The molecule has 102 valence electrons. The zero-order valence-corrected chi connectivity index (χ0v) is 11.7. The largest absolute Gasteiger partial charge is 0.386 e. The molecule has 0 saturated heterocycles. The van der Waals surface area contributed by atoms with Gasteiger partial charge in [-0.25, -0.2) is 0 Å². The van der Waals surface area contributed by atoms with Gasteiger partial charge in [0.15, 0.2) is 0 Å². The van der Waals surface area contributed by atoms with Gasteiger partial charge in [-0.15, -0.1) is 11.3 Å². The molecule has 0 aliphatic carbocycles. The third kappa shape index (κ3) is 3.76. The molecular weight excluding hydrogens is 260 g/mol. The van der Waals surface area contributed by atoms with E-state index in [1.165, 1.54) is 0 Å². The lowest BCUT2D eigenvalue weighted by Crippen LogP contribution is -2.30. The lowest BCUT2D eigenvalue weighted by atomic mass is 10.2. The van der Waals surface area contributed by atoms with Crippen molar-refractivity contribution in [3.05, 3.63) is 35.2 Å². The van der Waals surface area contributed by atoms with E-state index in [0.717, 1.165) is 15.0 Å². The average molecular weight is 278 g/mol. The molecule has 4 nitrogen and oxygen atoms in total. The Balaban J connectivity index is 1.92. The number of benzene rings is 1. The smallest absolute Gasteiger partial charge is 0.221 e. The molecule has 0 bridgehead atoms. The Morgan fingerprint density at radius 1 is 1.42 bits per heavy atom. The van der Waals surface area contributed by atoms with Gasteiger partial charge in [0.1, 0.15) is 6.10 Å². The fraction of sp³-hybridized carbons (Fsp3) is 0.357. The molecule has 1 aromatic heterocycles. The highest BCUT2D eigenvalue weighted by Crippen LogP contribution is 2.29. The molecule has 2 rings (SSSR count). The van der Waals surface area contributed by atoms with Crippen LogP contribution in [0.25, 0.3) is 10.1 Å². The molecule has 1 atom stereocenters. The van der Waals surface area contributed by atoms with Crippen LogP contribution in [0.15, 0.2) is 30.3 Å². The summed E-state index contributed by atoms with van der Waals surface area (Å²) >= 11 is 1.56. The summed E-state index contributed by atoms with van der Waals surface area (Å²) in [6.07, 6.45) is -0.216. The molecule has 5 heteroatoms. The Hall–Kier alpha value is -1.43. The summed E-state index contributed by atoms with van der Waals surface area (Å²) in [5.41, 5.74) is 0. The normalized spacial score (nSPS) is 12.5. The van der Waals surface area contributed by atoms with Crippen molar-refractivity contribution in [3.8, 4) is 0 Å². The average Bonchev–Trinajstić information content (AvgIpc) is 2.86. The lowest BCUT2D eigenvalue weighted by Gasteiger charge is -2.09. The standard InChI is InChI=1S/C14H18N2O2S/c1-15-7-6-14(18)16-9-11(17)13-8-10-4-2-3-5-12(10)19-13/h2-5,8,11,15,17H,6-7,9H2,1H3,(H,16,18). The third-order valence-corrected chi connectivity index (χ3v) is 4.08. The number of fused-ring (bicyclic) bond motifs is 1. The molecule has 0 aliphatic heterocycles. The summed E-state index contributed by atoms with van der Waals surface area (Å²) in [5, 5.41) is 16.9. The second-order valence-electron chi connectivity index (χ2n) is 4.36. The number of aliphatic hydroxyl groups is 1. The topological polar surface area (TPSA) is 61.4 Å². The van der Waals surface area contributed by atoms with Crippen LogP contribution in [-0.2, 0) is 4.79 Å². The first-order valence-electron chi connectivity index (χ1n) is 6.28. The van der Waals surface area contributed by atoms with E-state index in [2.05, 4.69) is 10.6 Å². The first-order chi connectivity index (χ1) is 9.20. The van der Waals surface area contributed by atoms with Crippen molar-refractivity contribution in [3.63, 3.8) is 0 Å². The minimum Gasteiger partial charge on any atom is -0.386 e. The van der Waals surface area contributed by atoms with E-state index in [-0.39, 0.29) is 12.5 Å². The molecule has 1 amide bonds. The van der Waals surface area contributed by atoms with Crippen LogP contribution in [0, 0.1) is 0 Å². The fourth-order valence-corrected chi connectivity index (χ4v) is 2.86. The Labute approximate surface area is 116 Å². The molecule has 0 saturated carbocycles. The molecule has 3 N–H and O–H groups in total. The summed E-state index contributed by atoms with van der Waals surface area (Å²) in [4.78, 5) is 12.3. The number of hydrogen-bond acceptors (Lipinski definition) is 4. The van der Waals surface area contributed by atoms with Crippen LogP contribution in [0.4, 0.5) is 0 Å². The van der Waals surface area contributed by atoms with Crippen molar-refractivity contribution in [2.75, 3.05) is 20.1 Å². The first-order valence-corrected chi connectivity index (χ1v) is 7.10. The SMILES string of the molecule is CNCCC(=O)NCC(O)c1cc2ccccc2s1. The van der Waals surface area contributed by atoms with Crippen molar-refractivity contribution in [1.82, 2.24) is 10.6 Å². The van der Waals surface area contributed by atoms with Gasteiger partial charge in [-0.2, -0.15) is 0 Å². The van der Waals surface area contributed by atoms with E-state index < -0.39 is 6.10 Å². The number of thiophene rings is 1. The monoisotopic (exact) mass is 278 g/mol. The van der Waals surface area contributed by atoms with Gasteiger partial charge in [-0.3, -0.25) is 4.79 Å². The number of rotatable bonds is 6. The summed E-state index contributed by atoms with van der Waals surface area (Å²) in [5.74, 6) is -0.0467. The van der Waals surface area contributed by atoms with Crippen LogP contribution in [0.5, 0.6) is 0 Å². The van der Waals surface area contributed by atoms with E-state index in [0.29, 0.717) is 13.0 Å². The summed E-state index contributed by atoms with van der Waals surface area (Å²) in [7, 11) is 1.80. The molecule has 0 aliphatic rings. The van der Waals surface area contributed by atoms with Gasteiger partial charge < -0.3 is 15.7 Å². The van der Waals surface area contributed by atoms with Gasteiger partial charge in [-0.1, -0.05) is 18.2 Å². The van der Waals surface area contributed by atoms with Crippen molar-refractivity contribution in [2.45, 2.75) is 12.5 Å². The maximum Gasteiger partial charge on any atom is 0.221 e.